The second-order valence-corrected chi connectivity index (χ2v) is 9.30. The fraction of sp³-hybridized carbons (Fsp3) is 0.310. The number of hydrogen-bond donors (Lipinski definition) is 1. The topological polar surface area (TPSA) is 86.3 Å². The summed E-state index contributed by atoms with van der Waals surface area (Å²) in [4.78, 5) is 28.7. The summed E-state index contributed by atoms with van der Waals surface area (Å²) in [6.45, 7) is 3.22. The zero-order valence-corrected chi connectivity index (χ0v) is 21.2. The molecule has 2 aliphatic heterocycles. The van der Waals surface area contributed by atoms with E-state index in [2.05, 4.69) is 5.32 Å². The predicted octanol–water partition coefficient (Wildman–Crippen LogP) is 3.91. The van der Waals surface area contributed by atoms with Gasteiger partial charge >= 0.3 is 0 Å². The fourth-order valence-corrected chi connectivity index (χ4v) is 4.93. The van der Waals surface area contributed by atoms with E-state index in [1.165, 1.54) is 0 Å². The van der Waals surface area contributed by atoms with Crippen LogP contribution >= 0.6 is 0 Å². The number of carbonyl (C=O) groups excluding carboxylic acids is 2. The van der Waals surface area contributed by atoms with Gasteiger partial charge in [0, 0.05) is 42.7 Å². The molecule has 8 heteroatoms. The highest BCUT2D eigenvalue weighted by Crippen LogP contribution is 2.40. The number of nitrogens with one attached hydrogen (secondary N) is 1. The summed E-state index contributed by atoms with van der Waals surface area (Å²) in [6, 6.07) is 18.7. The molecule has 1 fully saturated rings. The van der Waals surface area contributed by atoms with Crippen LogP contribution in [0.25, 0.3) is 0 Å². The lowest BCUT2D eigenvalue weighted by Gasteiger charge is -2.21. The highest BCUT2D eigenvalue weighted by Gasteiger charge is 2.41. The number of rotatable bonds is 7. The number of carbonyl (C=O) groups is 2. The summed E-state index contributed by atoms with van der Waals surface area (Å²) in [5.41, 5.74) is 3.46. The molecular weight excluding hydrogens is 472 g/mol. The Morgan fingerprint density at radius 3 is 2.49 bits per heavy atom. The molecule has 2 amide bonds. The Morgan fingerprint density at radius 1 is 0.946 bits per heavy atom. The van der Waals surface area contributed by atoms with E-state index in [-0.39, 0.29) is 24.5 Å². The summed E-state index contributed by atoms with van der Waals surface area (Å²) >= 11 is 0. The Labute approximate surface area is 216 Å². The van der Waals surface area contributed by atoms with E-state index in [1.807, 2.05) is 61.5 Å². The Kier molecular flexibility index (Phi) is 6.90. The quantitative estimate of drug-likeness (QED) is 0.527. The van der Waals surface area contributed by atoms with Gasteiger partial charge in [0.2, 0.25) is 12.7 Å². The number of aryl methyl sites for hydroxylation is 1. The molecule has 0 bridgehead atoms. The van der Waals surface area contributed by atoms with Crippen LogP contribution in [0.15, 0.2) is 60.7 Å². The van der Waals surface area contributed by atoms with Crippen molar-refractivity contribution >= 4 is 11.8 Å². The average Bonchev–Trinajstić information content (AvgIpc) is 3.58. The Balaban J connectivity index is 1.39. The molecule has 3 aromatic rings. The van der Waals surface area contributed by atoms with Crippen molar-refractivity contribution in [2.45, 2.75) is 19.4 Å². The van der Waals surface area contributed by atoms with Crippen LogP contribution in [-0.2, 0) is 11.3 Å². The van der Waals surface area contributed by atoms with Crippen LogP contribution in [-0.4, -0.2) is 50.8 Å². The molecule has 0 spiro atoms. The van der Waals surface area contributed by atoms with Gasteiger partial charge in [-0.05, 0) is 42.8 Å². The van der Waals surface area contributed by atoms with E-state index in [9.17, 15) is 9.59 Å². The van der Waals surface area contributed by atoms with Crippen LogP contribution in [0.2, 0.25) is 0 Å². The summed E-state index contributed by atoms with van der Waals surface area (Å²) in [7, 11) is 3.19. The van der Waals surface area contributed by atoms with Gasteiger partial charge in [-0.1, -0.05) is 29.8 Å². The van der Waals surface area contributed by atoms with E-state index < -0.39 is 5.92 Å². The van der Waals surface area contributed by atoms with Crippen LogP contribution in [0.1, 0.15) is 33.0 Å². The average molecular weight is 503 g/mol. The van der Waals surface area contributed by atoms with Crippen LogP contribution in [0, 0.1) is 12.8 Å². The van der Waals surface area contributed by atoms with Gasteiger partial charge in [-0.25, -0.2) is 0 Å². The third kappa shape index (κ3) is 5.05. The minimum atomic E-state index is -0.453. The van der Waals surface area contributed by atoms with Crippen LogP contribution < -0.4 is 24.3 Å². The zero-order chi connectivity index (χ0) is 25.9. The maximum absolute atomic E-state index is 13.5. The molecule has 3 aromatic carbocycles. The number of fused-ring (bicyclic) bond motifs is 1. The van der Waals surface area contributed by atoms with Gasteiger partial charge in [0.15, 0.2) is 11.5 Å². The molecule has 5 rings (SSSR count). The SMILES string of the molecule is COc1ccc([C@@H]2CN(C(=O)c3ccc(C)cc3)C[C@H]2C(=O)NCc2ccc3c(c2)OCO3)c(OC)c1. The zero-order valence-electron chi connectivity index (χ0n) is 21.2. The summed E-state index contributed by atoms with van der Waals surface area (Å²) < 4.78 is 21.8. The number of ether oxygens (including phenoxy) is 4. The fourth-order valence-electron chi connectivity index (χ4n) is 4.93. The lowest BCUT2D eigenvalue weighted by atomic mass is 9.87. The van der Waals surface area contributed by atoms with Crippen LogP contribution in [0.5, 0.6) is 23.0 Å². The molecule has 0 radical (unpaired) electrons. The van der Waals surface area contributed by atoms with Crippen molar-refractivity contribution in [1.82, 2.24) is 10.2 Å². The number of methoxy groups -OCH3 is 2. The van der Waals surface area contributed by atoms with Crippen molar-refractivity contribution in [3.05, 3.63) is 82.9 Å². The second-order valence-electron chi connectivity index (χ2n) is 9.30. The van der Waals surface area contributed by atoms with E-state index in [4.69, 9.17) is 18.9 Å². The van der Waals surface area contributed by atoms with Crippen molar-refractivity contribution in [3.8, 4) is 23.0 Å². The minimum Gasteiger partial charge on any atom is -0.497 e. The third-order valence-electron chi connectivity index (χ3n) is 6.99. The molecular formula is C29H30N2O6. The van der Waals surface area contributed by atoms with Gasteiger partial charge < -0.3 is 29.2 Å². The number of nitrogens with zero attached hydrogens (tertiary/aromatic N) is 1. The van der Waals surface area contributed by atoms with E-state index >= 15 is 0 Å². The van der Waals surface area contributed by atoms with Crippen molar-refractivity contribution < 1.29 is 28.5 Å². The summed E-state index contributed by atoms with van der Waals surface area (Å²) in [5.74, 6) is 1.74. The van der Waals surface area contributed by atoms with E-state index in [1.54, 1.807) is 25.2 Å². The third-order valence-corrected chi connectivity index (χ3v) is 6.99. The molecule has 0 unspecified atom stereocenters. The molecule has 2 atom stereocenters. The highest BCUT2D eigenvalue weighted by atomic mass is 16.7. The molecule has 37 heavy (non-hydrogen) atoms. The molecule has 1 N–H and O–H groups in total. The van der Waals surface area contributed by atoms with Crippen LogP contribution in [0.4, 0.5) is 0 Å². The number of likely N-dealkylation sites (tertiary alicyclic amines) is 1. The van der Waals surface area contributed by atoms with Gasteiger partial charge in [0.05, 0.1) is 20.1 Å². The molecule has 8 nitrogen and oxygen atoms in total. The first-order chi connectivity index (χ1) is 18.0. The highest BCUT2D eigenvalue weighted by molar-refractivity contribution is 5.95. The second kappa shape index (κ2) is 10.4. The first-order valence-corrected chi connectivity index (χ1v) is 12.2. The van der Waals surface area contributed by atoms with Gasteiger partial charge in [-0.2, -0.15) is 0 Å². The number of amides is 2. The van der Waals surface area contributed by atoms with Crippen molar-refractivity contribution in [1.29, 1.82) is 0 Å². The first kappa shape index (κ1) is 24.5. The number of hydrogen-bond acceptors (Lipinski definition) is 6. The van der Waals surface area contributed by atoms with Crippen molar-refractivity contribution in [2.24, 2.45) is 5.92 Å². The standard InChI is InChI=1S/C29H30N2O6/c1-18-4-7-20(8-5-18)29(33)31-15-23(22-10-9-21(34-2)13-26(22)35-3)24(16-31)28(32)30-14-19-6-11-25-27(12-19)37-17-36-25/h4-13,23-24H,14-17H2,1-3H3,(H,30,32)/t23-,24+/m0/s1. The lowest BCUT2D eigenvalue weighted by molar-refractivity contribution is -0.125. The minimum absolute atomic E-state index is 0.0939. The molecule has 2 aliphatic rings. The molecule has 1 saturated heterocycles. The smallest absolute Gasteiger partial charge is 0.253 e. The summed E-state index contributed by atoms with van der Waals surface area (Å²) in [6.07, 6.45) is 0. The molecule has 0 aromatic heterocycles. The Bertz CT molecular complexity index is 1310. The van der Waals surface area contributed by atoms with Crippen LogP contribution in [0.3, 0.4) is 0 Å². The first-order valence-electron chi connectivity index (χ1n) is 12.2. The normalized spacial score (nSPS) is 18.0. The lowest BCUT2D eigenvalue weighted by Crippen LogP contribution is -2.35. The summed E-state index contributed by atoms with van der Waals surface area (Å²) in [5, 5.41) is 3.06. The molecule has 0 aliphatic carbocycles. The van der Waals surface area contributed by atoms with E-state index in [0.29, 0.717) is 48.2 Å². The van der Waals surface area contributed by atoms with Gasteiger partial charge in [-0.3, -0.25) is 9.59 Å². The monoisotopic (exact) mass is 502 g/mol. The largest absolute Gasteiger partial charge is 0.497 e. The van der Waals surface area contributed by atoms with Gasteiger partial charge in [0.1, 0.15) is 11.5 Å². The predicted molar refractivity (Wildman–Crippen MR) is 137 cm³/mol. The maximum atomic E-state index is 13.5. The van der Waals surface area contributed by atoms with Gasteiger partial charge in [-0.15, -0.1) is 0 Å². The van der Waals surface area contributed by atoms with Crippen molar-refractivity contribution in [3.63, 3.8) is 0 Å². The number of benzene rings is 3. The molecule has 2 heterocycles. The van der Waals surface area contributed by atoms with Gasteiger partial charge in [0.25, 0.3) is 5.91 Å². The maximum Gasteiger partial charge on any atom is 0.253 e. The van der Waals surface area contributed by atoms with Crippen molar-refractivity contribution in [2.75, 3.05) is 34.1 Å². The Hall–Kier alpha value is -4.20. The Morgan fingerprint density at radius 2 is 1.73 bits per heavy atom. The molecule has 0 saturated carbocycles. The van der Waals surface area contributed by atoms with E-state index in [0.717, 1.165) is 16.7 Å². The molecule has 192 valence electrons.